The first-order valence-corrected chi connectivity index (χ1v) is 11.6. The number of rotatable bonds is 13. The van der Waals surface area contributed by atoms with Crippen LogP contribution in [0.3, 0.4) is 0 Å². The Hall–Kier alpha value is -1.21. The molecule has 0 nitrogen and oxygen atoms in total. The van der Waals surface area contributed by atoms with Gasteiger partial charge in [-0.05, 0) is 53.8 Å². The summed E-state index contributed by atoms with van der Waals surface area (Å²) in [7, 11) is 0. The van der Waals surface area contributed by atoms with Crippen molar-refractivity contribution in [3.8, 4) is 11.1 Å². The molecule has 1 heteroatoms. The second-order valence-corrected chi connectivity index (χ2v) is 8.46. The lowest BCUT2D eigenvalue weighted by Gasteiger charge is -2.06. The lowest BCUT2D eigenvalue weighted by Crippen LogP contribution is -1.86. The van der Waals surface area contributed by atoms with E-state index >= 15 is 0 Å². The number of hydrogen-bond donors (Lipinski definition) is 0. The van der Waals surface area contributed by atoms with Crippen molar-refractivity contribution in [3.63, 3.8) is 0 Å². The highest BCUT2D eigenvalue weighted by Gasteiger charge is 2.00. The molecule has 0 radical (unpaired) electrons. The van der Waals surface area contributed by atoms with Gasteiger partial charge in [0.2, 0.25) is 0 Å². The van der Waals surface area contributed by atoms with Gasteiger partial charge in [-0.2, -0.15) is 0 Å². The maximum Gasteiger partial charge on any atom is 0.00723 e. The molecule has 0 saturated carbocycles. The molecule has 0 N–H and O–H groups in total. The first-order chi connectivity index (χ1) is 12.8. The highest BCUT2D eigenvalue weighted by atomic mass is 32.2. The van der Waals surface area contributed by atoms with Crippen molar-refractivity contribution >= 4 is 11.8 Å². The molecule has 26 heavy (non-hydrogen) atoms. The second kappa shape index (κ2) is 13.0. The summed E-state index contributed by atoms with van der Waals surface area (Å²) < 4.78 is 0. The SMILES string of the molecule is CCCCCCCCSc1ccc(-c2ccc(CCCCC)cc2)cc1. The number of thioether (sulfide) groups is 1. The molecule has 0 fully saturated rings. The van der Waals surface area contributed by atoms with Gasteiger partial charge in [-0.3, -0.25) is 0 Å². The first kappa shape index (κ1) is 21.1. The molecule has 0 aliphatic rings. The molecule has 2 rings (SSSR count). The Balaban J connectivity index is 1.74. The van der Waals surface area contributed by atoms with Crippen LogP contribution in [-0.4, -0.2) is 5.75 Å². The third kappa shape index (κ3) is 7.99. The fourth-order valence-corrected chi connectivity index (χ4v) is 4.17. The second-order valence-electron chi connectivity index (χ2n) is 7.29. The van der Waals surface area contributed by atoms with Crippen LogP contribution in [0.25, 0.3) is 11.1 Å². The van der Waals surface area contributed by atoms with E-state index in [-0.39, 0.29) is 0 Å². The van der Waals surface area contributed by atoms with Crippen LogP contribution in [0, 0.1) is 0 Å². The van der Waals surface area contributed by atoms with Crippen molar-refractivity contribution in [2.75, 3.05) is 5.75 Å². The lowest BCUT2D eigenvalue weighted by atomic mass is 10.0. The number of unbranched alkanes of at least 4 members (excludes halogenated alkanes) is 7. The fourth-order valence-electron chi connectivity index (χ4n) is 3.26. The molecule has 0 aromatic heterocycles. The van der Waals surface area contributed by atoms with Crippen molar-refractivity contribution in [1.82, 2.24) is 0 Å². The maximum atomic E-state index is 2.30. The van der Waals surface area contributed by atoms with E-state index in [2.05, 4.69) is 62.4 Å². The van der Waals surface area contributed by atoms with Gasteiger partial charge in [0.05, 0.1) is 0 Å². The van der Waals surface area contributed by atoms with Gasteiger partial charge >= 0.3 is 0 Å². The molecule has 0 saturated heterocycles. The van der Waals surface area contributed by atoms with Crippen molar-refractivity contribution in [2.45, 2.75) is 83.0 Å². The molecule has 0 bridgehead atoms. The summed E-state index contributed by atoms with van der Waals surface area (Å²) in [5.41, 5.74) is 4.12. The van der Waals surface area contributed by atoms with Gasteiger partial charge in [-0.15, -0.1) is 11.8 Å². The van der Waals surface area contributed by atoms with Gasteiger partial charge in [-0.1, -0.05) is 95.2 Å². The minimum absolute atomic E-state index is 1.21. The topological polar surface area (TPSA) is 0 Å². The highest BCUT2D eigenvalue weighted by Crippen LogP contribution is 2.25. The Morgan fingerprint density at radius 3 is 1.77 bits per heavy atom. The standard InChI is InChI=1S/C25H36S/c1-3-5-7-8-9-11-21-26-25-19-17-24(18-20-25)23-15-13-22(14-16-23)12-10-6-4-2/h13-20H,3-12,21H2,1-2H3. The van der Waals surface area contributed by atoms with Gasteiger partial charge in [0.25, 0.3) is 0 Å². The van der Waals surface area contributed by atoms with Crippen LogP contribution in [0.4, 0.5) is 0 Å². The maximum absolute atomic E-state index is 2.30. The third-order valence-corrected chi connectivity index (χ3v) is 6.08. The largest absolute Gasteiger partial charge is 0.126 e. The number of hydrogen-bond acceptors (Lipinski definition) is 1. The lowest BCUT2D eigenvalue weighted by molar-refractivity contribution is 0.627. The van der Waals surface area contributed by atoms with Gasteiger partial charge in [-0.25, -0.2) is 0 Å². The van der Waals surface area contributed by atoms with E-state index in [1.165, 1.54) is 91.5 Å². The zero-order valence-corrected chi connectivity index (χ0v) is 17.6. The highest BCUT2D eigenvalue weighted by molar-refractivity contribution is 7.99. The van der Waals surface area contributed by atoms with Crippen LogP contribution in [0.15, 0.2) is 53.4 Å². The summed E-state index contributed by atoms with van der Waals surface area (Å²) >= 11 is 2.00. The normalized spacial score (nSPS) is 11.0. The average molecular weight is 369 g/mol. The molecular formula is C25H36S. The van der Waals surface area contributed by atoms with Crippen molar-refractivity contribution < 1.29 is 0 Å². The summed E-state index contributed by atoms with van der Waals surface area (Å²) in [6, 6.07) is 18.3. The van der Waals surface area contributed by atoms with E-state index in [4.69, 9.17) is 0 Å². The Morgan fingerprint density at radius 2 is 1.12 bits per heavy atom. The van der Waals surface area contributed by atoms with E-state index < -0.39 is 0 Å². The van der Waals surface area contributed by atoms with Crippen LogP contribution < -0.4 is 0 Å². The molecular weight excluding hydrogens is 332 g/mol. The smallest absolute Gasteiger partial charge is 0.00723 e. The van der Waals surface area contributed by atoms with E-state index in [1.807, 2.05) is 11.8 Å². The fraction of sp³-hybridized carbons (Fsp3) is 0.520. The molecule has 0 aliphatic heterocycles. The number of benzene rings is 2. The summed E-state index contributed by atoms with van der Waals surface area (Å²) in [6.07, 6.45) is 13.4. The van der Waals surface area contributed by atoms with Crippen LogP contribution in [0.5, 0.6) is 0 Å². The van der Waals surface area contributed by atoms with E-state index in [0.717, 1.165) is 0 Å². The Kier molecular flexibility index (Phi) is 10.6. The van der Waals surface area contributed by atoms with E-state index in [1.54, 1.807) is 0 Å². The van der Waals surface area contributed by atoms with Gasteiger partial charge in [0, 0.05) is 4.90 Å². The zero-order valence-electron chi connectivity index (χ0n) is 16.8. The Bertz CT molecular complexity index is 583. The molecule has 0 spiro atoms. The van der Waals surface area contributed by atoms with Crippen LogP contribution in [0.2, 0.25) is 0 Å². The number of aryl methyl sites for hydroxylation is 1. The third-order valence-electron chi connectivity index (χ3n) is 4.98. The summed E-state index contributed by atoms with van der Waals surface area (Å²) in [4.78, 5) is 1.40. The summed E-state index contributed by atoms with van der Waals surface area (Å²) in [5, 5.41) is 0. The first-order valence-electron chi connectivity index (χ1n) is 10.7. The molecule has 2 aromatic rings. The van der Waals surface area contributed by atoms with Gasteiger partial charge in [0.15, 0.2) is 0 Å². The van der Waals surface area contributed by atoms with Crippen molar-refractivity contribution in [3.05, 3.63) is 54.1 Å². The van der Waals surface area contributed by atoms with Gasteiger partial charge in [0.1, 0.15) is 0 Å². The van der Waals surface area contributed by atoms with Crippen LogP contribution in [0.1, 0.15) is 77.2 Å². The zero-order chi connectivity index (χ0) is 18.5. The molecule has 0 atom stereocenters. The molecule has 142 valence electrons. The van der Waals surface area contributed by atoms with Crippen molar-refractivity contribution in [2.24, 2.45) is 0 Å². The molecule has 0 aliphatic carbocycles. The Labute approximate surface area is 165 Å². The van der Waals surface area contributed by atoms with Crippen molar-refractivity contribution in [1.29, 1.82) is 0 Å². The minimum Gasteiger partial charge on any atom is -0.126 e. The summed E-state index contributed by atoms with van der Waals surface area (Å²) in [6.45, 7) is 4.54. The molecule has 0 heterocycles. The average Bonchev–Trinajstić information content (AvgIpc) is 2.69. The monoisotopic (exact) mass is 368 g/mol. The van der Waals surface area contributed by atoms with Crippen LogP contribution >= 0.6 is 11.8 Å². The summed E-state index contributed by atoms with van der Waals surface area (Å²) in [5.74, 6) is 1.25. The quantitative estimate of drug-likeness (QED) is 0.252. The predicted molar refractivity (Wildman–Crippen MR) is 119 cm³/mol. The minimum atomic E-state index is 1.21. The van der Waals surface area contributed by atoms with E-state index in [0.29, 0.717) is 0 Å². The molecule has 0 amide bonds. The Morgan fingerprint density at radius 1 is 0.577 bits per heavy atom. The predicted octanol–water partition coefficient (Wildman–Crippen LogP) is 8.54. The molecule has 2 aromatic carbocycles. The van der Waals surface area contributed by atoms with Crippen LogP contribution in [-0.2, 0) is 6.42 Å². The molecule has 0 unspecified atom stereocenters. The van der Waals surface area contributed by atoms with Gasteiger partial charge < -0.3 is 0 Å². The van der Waals surface area contributed by atoms with E-state index in [9.17, 15) is 0 Å².